The Morgan fingerprint density at radius 3 is 2.69 bits per heavy atom. The summed E-state index contributed by atoms with van der Waals surface area (Å²) in [4.78, 5) is 6.21. The van der Waals surface area contributed by atoms with Crippen molar-refractivity contribution in [2.45, 2.75) is 0 Å². The van der Waals surface area contributed by atoms with Gasteiger partial charge in [-0.1, -0.05) is 23.7 Å². The fourth-order valence-electron chi connectivity index (χ4n) is 1.40. The number of anilines is 3. The highest BCUT2D eigenvalue weighted by Crippen LogP contribution is 2.29. The molecule has 0 aliphatic rings. The largest absolute Gasteiger partial charge is 0.376 e. The van der Waals surface area contributed by atoms with E-state index in [1.165, 1.54) is 11.3 Å². The predicted octanol–water partition coefficient (Wildman–Crippen LogP) is 3.61. The van der Waals surface area contributed by atoms with Crippen LogP contribution in [0.25, 0.3) is 0 Å². The number of thiazole rings is 1. The van der Waals surface area contributed by atoms with Gasteiger partial charge in [-0.15, -0.1) is 11.3 Å². The van der Waals surface area contributed by atoms with Crippen LogP contribution < -0.4 is 10.2 Å². The summed E-state index contributed by atoms with van der Waals surface area (Å²) in [5.74, 6) is 0. The molecular weight excluding hydrogens is 242 g/mol. The Kier molecular flexibility index (Phi) is 3.31. The third kappa shape index (κ3) is 2.46. The molecule has 0 fully saturated rings. The van der Waals surface area contributed by atoms with Gasteiger partial charge in [-0.05, 0) is 12.1 Å². The average Bonchev–Trinajstić information content (AvgIpc) is 2.64. The van der Waals surface area contributed by atoms with Crippen molar-refractivity contribution in [3.05, 3.63) is 34.8 Å². The average molecular weight is 254 g/mol. The lowest BCUT2D eigenvalue weighted by atomic mass is 10.2. The number of nitrogens with one attached hydrogen (secondary N) is 1. The normalized spacial score (nSPS) is 10.2. The summed E-state index contributed by atoms with van der Waals surface area (Å²) in [5, 5.41) is 6.39. The molecule has 0 saturated heterocycles. The molecule has 84 valence electrons. The van der Waals surface area contributed by atoms with Gasteiger partial charge in [0.25, 0.3) is 0 Å². The minimum Gasteiger partial charge on any atom is -0.376 e. The van der Waals surface area contributed by atoms with E-state index in [-0.39, 0.29) is 0 Å². The summed E-state index contributed by atoms with van der Waals surface area (Å²) >= 11 is 7.27. The summed E-state index contributed by atoms with van der Waals surface area (Å²) < 4.78 is 0. The maximum absolute atomic E-state index is 5.78. The number of halogens is 1. The maximum atomic E-state index is 5.78. The summed E-state index contributed by atoms with van der Waals surface area (Å²) in [7, 11) is 4.02. The van der Waals surface area contributed by atoms with Crippen LogP contribution in [0.2, 0.25) is 5.15 Å². The number of aromatic nitrogens is 1. The van der Waals surface area contributed by atoms with Crippen molar-refractivity contribution in [2.24, 2.45) is 0 Å². The summed E-state index contributed by atoms with van der Waals surface area (Å²) in [5.41, 5.74) is 2.15. The van der Waals surface area contributed by atoms with Gasteiger partial charge in [0.2, 0.25) is 0 Å². The first-order valence-corrected chi connectivity index (χ1v) is 6.07. The monoisotopic (exact) mass is 253 g/mol. The summed E-state index contributed by atoms with van der Waals surface area (Å²) in [6.07, 6.45) is 0. The number of hydrogen-bond donors (Lipinski definition) is 1. The molecule has 3 nitrogen and oxygen atoms in total. The van der Waals surface area contributed by atoms with E-state index in [9.17, 15) is 0 Å². The molecule has 0 aliphatic carbocycles. The van der Waals surface area contributed by atoms with Crippen LogP contribution in [0.4, 0.5) is 16.5 Å². The van der Waals surface area contributed by atoms with Gasteiger partial charge >= 0.3 is 0 Å². The molecule has 2 aromatic rings. The van der Waals surface area contributed by atoms with Gasteiger partial charge in [-0.2, -0.15) is 0 Å². The van der Waals surface area contributed by atoms with E-state index in [0.29, 0.717) is 5.15 Å². The first-order valence-electron chi connectivity index (χ1n) is 4.81. The predicted molar refractivity (Wildman–Crippen MR) is 71.2 cm³/mol. The van der Waals surface area contributed by atoms with Crippen molar-refractivity contribution in [1.29, 1.82) is 0 Å². The zero-order valence-corrected chi connectivity index (χ0v) is 10.6. The molecular formula is C11H12ClN3S. The molecule has 1 N–H and O–H groups in total. The Morgan fingerprint density at radius 1 is 1.31 bits per heavy atom. The molecule has 16 heavy (non-hydrogen) atoms. The minimum atomic E-state index is 0.523. The zero-order chi connectivity index (χ0) is 11.5. The Morgan fingerprint density at radius 2 is 2.06 bits per heavy atom. The molecule has 0 bridgehead atoms. The van der Waals surface area contributed by atoms with E-state index in [4.69, 9.17) is 11.6 Å². The molecule has 0 radical (unpaired) electrons. The summed E-state index contributed by atoms with van der Waals surface area (Å²) in [6, 6.07) is 8.07. The van der Waals surface area contributed by atoms with E-state index in [2.05, 4.69) is 21.3 Å². The molecule has 0 saturated carbocycles. The van der Waals surface area contributed by atoms with Gasteiger partial charge in [0, 0.05) is 19.5 Å². The van der Waals surface area contributed by atoms with E-state index in [0.717, 1.165) is 16.5 Å². The van der Waals surface area contributed by atoms with Crippen LogP contribution in [0.1, 0.15) is 0 Å². The van der Waals surface area contributed by atoms with Gasteiger partial charge in [0.05, 0.1) is 11.4 Å². The van der Waals surface area contributed by atoms with Gasteiger partial charge < -0.3 is 10.2 Å². The van der Waals surface area contributed by atoms with Gasteiger partial charge in [0.15, 0.2) is 5.13 Å². The van der Waals surface area contributed by atoms with Crippen molar-refractivity contribution < 1.29 is 0 Å². The third-order valence-electron chi connectivity index (χ3n) is 2.10. The Hall–Kier alpha value is -1.26. The van der Waals surface area contributed by atoms with Crippen LogP contribution >= 0.6 is 22.9 Å². The topological polar surface area (TPSA) is 28.2 Å². The lowest BCUT2D eigenvalue weighted by Gasteiger charge is -2.17. The van der Waals surface area contributed by atoms with Gasteiger partial charge in [-0.3, -0.25) is 0 Å². The van der Waals surface area contributed by atoms with Crippen LogP contribution in [0.5, 0.6) is 0 Å². The second-order valence-corrected chi connectivity index (χ2v) is 4.76. The fourth-order valence-corrected chi connectivity index (χ4v) is 2.25. The number of benzene rings is 1. The molecule has 2 rings (SSSR count). The zero-order valence-electron chi connectivity index (χ0n) is 9.07. The molecule has 0 aliphatic heterocycles. The first kappa shape index (κ1) is 11.2. The molecule has 0 amide bonds. The van der Waals surface area contributed by atoms with Crippen LogP contribution in [0.3, 0.4) is 0 Å². The Balaban J connectivity index is 2.27. The molecule has 0 unspecified atom stereocenters. The Labute approximate surface area is 104 Å². The highest BCUT2D eigenvalue weighted by atomic mass is 35.5. The molecule has 1 aromatic heterocycles. The van der Waals surface area contributed by atoms with Gasteiger partial charge in [-0.25, -0.2) is 4.98 Å². The van der Waals surface area contributed by atoms with Crippen molar-refractivity contribution in [1.82, 2.24) is 4.98 Å². The number of para-hydroxylation sites is 2. The fraction of sp³-hybridized carbons (Fsp3) is 0.182. The van der Waals surface area contributed by atoms with E-state index < -0.39 is 0 Å². The number of nitrogens with zero attached hydrogens (tertiary/aromatic N) is 2. The standard InChI is InChI=1S/C11H12ClN3S/c1-15(2)9-6-4-3-5-8(9)13-11-14-10(12)7-16-11/h3-7H,1-2H3,(H,13,14). The van der Waals surface area contributed by atoms with Crippen LogP contribution in [0, 0.1) is 0 Å². The lowest BCUT2D eigenvalue weighted by molar-refractivity contribution is 1.13. The third-order valence-corrected chi connectivity index (χ3v) is 3.18. The van der Waals surface area contributed by atoms with Crippen LogP contribution in [-0.2, 0) is 0 Å². The molecule has 5 heteroatoms. The van der Waals surface area contributed by atoms with Crippen molar-refractivity contribution in [2.75, 3.05) is 24.3 Å². The Bertz CT molecular complexity index is 482. The second kappa shape index (κ2) is 4.72. The quantitative estimate of drug-likeness (QED) is 0.906. The summed E-state index contributed by atoms with van der Waals surface area (Å²) in [6.45, 7) is 0. The SMILES string of the molecule is CN(C)c1ccccc1Nc1nc(Cl)cs1. The van der Waals surface area contributed by atoms with Crippen LogP contribution in [0.15, 0.2) is 29.6 Å². The van der Waals surface area contributed by atoms with E-state index in [1.807, 2.05) is 37.7 Å². The van der Waals surface area contributed by atoms with Crippen molar-refractivity contribution >= 4 is 39.4 Å². The van der Waals surface area contributed by atoms with E-state index >= 15 is 0 Å². The second-order valence-electron chi connectivity index (χ2n) is 3.51. The number of hydrogen-bond acceptors (Lipinski definition) is 4. The maximum Gasteiger partial charge on any atom is 0.188 e. The molecule has 0 atom stereocenters. The first-order chi connectivity index (χ1) is 7.66. The molecule has 0 spiro atoms. The lowest BCUT2D eigenvalue weighted by Crippen LogP contribution is -2.10. The van der Waals surface area contributed by atoms with Gasteiger partial charge in [0.1, 0.15) is 5.15 Å². The minimum absolute atomic E-state index is 0.523. The highest BCUT2D eigenvalue weighted by Gasteiger charge is 2.05. The molecule has 1 aromatic carbocycles. The highest BCUT2D eigenvalue weighted by molar-refractivity contribution is 7.14. The molecule has 1 heterocycles. The smallest absolute Gasteiger partial charge is 0.188 e. The van der Waals surface area contributed by atoms with Crippen LogP contribution in [-0.4, -0.2) is 19.1 Å². The van der Waals surface area contributed by atoms with Crippen molar-refractivity contribution in [3.8, 4) is 0 Å². The van der Waals surface area contributed by atoms with E-state index in [1.54, 1.807) is 0 Å². The van der Waals surface area contributed by atoms with Crippen molar-refractivity contribution in [3.63, 3.8) is 0 Å². The number of rotatable bonds is 3.